The smallest absolute Gasteiger partial charge is 0.321 e. The Labute approximate surface area is 90.9 Å². The normalized spacial score (nSPS) is 12.1. The number of carbonyl (C=O) groups is 2. The average Bonchev–Trinajstić information content (AvgIpc) is 2.66. The Kier molecular flexibility index (Phi) is 4.26. The van der Waals surface area contributed by atoms with Gasteiger partial charge in [0.25, 0.3) is 0 Å². The third-order valence-electron chi connectivity index (χ3n) is 1.76. The van der Waals surface area contributed by atoms with Crippen molar-refractivity contribution in [1.29, 1.82) is 0 Å². The van der Waals surface area contributed by atoms with Crippen LogP contribution in [0.15, 0.2) is 17.5 Å². The standard InChI is InChI=1S/C9H12N2O3S/c10-7(9(13)14)4-8(12)11-5-6-2-1-3-15-6/h1-3,7H,4-5,10H2,(H,11,12)(H,13,14). The quantitative estimate of drug-likeness (QED) is 0.669. The first-order valence-electron chi connectivity index (χ1n) is 4.37. The average molecular weight is 228 g/mol. The Morgan fingerprint density at radius 3 is 2.87 bits per heavy atom. The fraction of sp³-hybridized carbons (Fsp3) is 0.333. The molecule has 0 spiro atoms. The van der Waals surface area contributed by atoms with Crippen LogP contribution < -0.4 is 11.1 Å². The van der Waals surface area contributed by atoms with Gasteiger partial charge in [-0.25, -0.2) is 0 Å². The molecule has 0 aliphatic carbocycles. The SMILES string of the molecule is NC(CC(=O)NCc1cccs1)C(=O)O. The van der Waals surface area contributed by atoms with E-state index in [1.807, 2.05) is 17.5 Å². The van der Waals surface area contributed by atoms with Crippen LogP contribution in [0.1, 0.15) is 11.3 Å². The van der Waals surface area contributed by atoms with E-state index in [9.17, 15) is 9.59 Å². The Balaban J connectivity index is 2.28. The second kappa shape index (κ2) is 5.47. The summed E-state index contributed by atoms with van der Waals surface area (Å²) in [4.78, 5) is 22.6. The number of nitrogens with one attached hydrogen (secondary N) is 1. The lowest BCUT2D eigenvalue weighted by molar-refractivity contribution is -0.140. The number of nitrogens with two attached hydrogens (primary N) is 1. The number of thiophene rings is 1. The van der Waals surface area contributed by atoms with Crippen molar-refractivity contribution in [2.75, 3.05) is 0 Å². The molecule has 1 aromatic heterocycles. The van der Waals surface area contributed by atoms with E-state index < -0.39 is 12.0 Å². The third kappa shape index (κ3) is 4.09. The lowest BCUT2D eigenvalue weighted by atomic mass is 10.2. The summed E-state index contributed by atoms with van der Waals surface area (Å²) in [6.07, 6.45) is -0.194. The van der Waals surface area contributed by atoms with Gasteiger partial charge in [-0.15, -0.1) is 11.3 Å². The molecular formula is C9H12N2O3S. The molecule has 1 heterocycles. The summed E-state index contributed by atoms with van der Waals surface area (Å²) in [7, 11) is 0. The number of aliphatic carboxylic acids is 1. The fourth-order valence-electron chi connectivity index (χ4n) is 0.958. The van der Waals surface area contributed by atoms with Crippen LogP contribution in [0, 0.1) is 0 Å². The minimum absolute atomic E-state index is 0.194. The molecule has 0 aliphatic rings. The van der Waals surface area contributed by atoms with Crippen molar-refractivity contribution < 1.29 is 14.7 Å². The predicted molar refractivity (Wildman–Crippen MR) is 56.4 cm³/mol. The molecule has 0 fully saturated rings. The molecule has 0 radical (unpaired) electrons. The molecular weight excluding hydrogens is 216 g/mol. The zero-order valence-electron chi connectivity index (χ0n) is 7.97. The van der Waals surface area contributed by atoms with Gasteiger partial charge in [-0.2, -0.15) is 0 Å². The number of amides is 1. The molecule has 15 heavy (non-hydrogen) atoms. The van der Waals surface area contributed by atoms with Crippen LogP contribution in [-0.2, 0) is 16.1 Å². The first-order chi connectivity index (χ1) is 7.09. The highest BCUT2D eigenvalue weighted by molar-refractivity contribution is 7.09. The van der Waals surface area contributed by atoms with Crippen molar-refractivity contribution in [2.45, 2.75) is 19.0 Å². The fourth-order valence-corrected chi connectivity index (χ4v) is 1.60. The predicted octanol–water partition coefficient (Wildman–Crippen LogP) is 0.166. The van der Waals surface area contributed by atoms with E-state index in [0.717, 1.165) is 4.88 Å². The first-order valence-corrected chi connectivity index (χ1v) is 5.25. The van der Waals surface area contributed by atoms with Crippen molar-refractivity contribution >= 4 is 23.2 Å². The minimum Gasteiger partial charge on any atom is -0.480 e. The van der Waals surface area contributed by atoms with E-state index in [0.29, 0.717) is 6.54 Å². The summed E-state index contributed by atoms with van der Waals surface area (Å²) in [6, 6.07) is 2.64. The molecule has 1 aromatic rings. The summed E-state index contributed by atoms with van der Waals surface area (Å²) < 4.78 is 0. The van der Waals surface area contributed by atoms with Crippen LogP contribution in [0.25, 0.3) is 0 Å². The van der Waals surface area contributed by atoms with E-state index in [1.54, 1.807) is 0 Å². The number of carboxylic acid groups (broad SMARTS) is 1. The van der Waals surface area contributed by atoms with Crippen molar-refractivity contribution in [3.05, 3.63) is 22.4 Å². The van der Waals surface area contributed by atoms with Gasteiger partial charge < -0.3 is 16.2 Å². The third-order valence-corrected chi connectivity index (χ3v) is 2.64. The maximum absolute atomic E-state index is 11.2. The maximum atomic E-state index is 11.2. The number of carboxylic acids is 1. The Hall–Kier alpha value is -1.40. The van der Waals surface area contributed by atoms with Crippen molar-refractivity contribution in [3.8, 4) is 0 Å². The highest BCUT2D eigenvalue weighted by atomic mass is 32.1. The van der Waals surface area contributed by atoms with Crippen LogP contribution in [0.3, 0.4) is 0 Å². The van der Waals surface area contributed by atoms with Gasteiger partial charge in [0.15, 0.2) is 0 Å². The van der Waals surface area contributed by atoms with E-state index in [4.69, 9.17) is 10.8 Å². The molecule has 0 aliphatic heterocycles. The summed E-state index contributed by atoms with van der Waals surface area (Å²) in [6.45, 7) is 0.419. The Bertz CT molecular complexity index is 337. The maximum Gasteiger partial charge on any atom is 0.321 e. The van der Waals surface area contributed by atoms with Gasteiger partial charge in [-0.05, 0) is 11.4 Å². The summed E-state index contributed by atoms with van der Waals surface area (Å²) in [5, 5.41) is 13.0. The molecule has 0 bridgehead atoms. The topological polar surface area (TPSA) is 92.4 Å². The molecule has 4 N–H and O–H groups in total. The monoisotopic (exact) mass is 228 g/mol. The number of hydrogen-bond donors (Lipinski definition) is 3. The molecule has 1 amide bonds. The number of carbonyl (C=O) groups excluding carboxylic acids is 1. The summed E-state index contributed by atoms with van der Waals surface area (Å²) >= 11 is 1.53. The molecule has 0 saturated heterocycles. The molecule has 1 rings (SSSR count). The van der Waals surface area contributed by atoms with Crippen LogP contribution in [-0.4, -0.2) is 23.0 Å². The van der Waals surface area contributed by atoms with Gasteiger partial charge in [0.05, 0.1) is 13.0 Å². The number of rotatable bonds is 5. The highest BCUT2D eigenvalue weighted by Crippen LogP contribution is 2.07. The van der Waals surface area contributed by atoms with E-state index >= 15 is 0 Å². The molecule has 5 nitrogen and oxygen atoms in total. The summed E-state index contributed by atoms with van der Waals surface area (Å²) in [5.74, 6) is -1.51. The van der Waals surface area contributed by atoms with Crippen LogP contribution in [0.2, 0.25) is 0 Å². The van der Waals surface area contributed by atoms with E-state index in [2.05, 4.69) is 5.32 Å². The second-order valence-electron chi connectivity index (χ2n) is 3.00. The largest absolute Gasteiger partial charge is 0.480 e. The zero-order valence-corrected chi connectivity index (χ0v) is 8.79. The van der Waals surface area contributed by atoms with Crippen LogP contribution in [0.5, 0.6) is 0 Å². The summed E-state index contributed by atoms with van der Waals surface area (Å²) in [5.41, 5.74) is 5.21. The minimum atomic E-state index is -1.17. The highest BCUT2D eigenvalue weighted by Gasteiger charge is 2.15. The molecule has 6 heteroatoms. The van der Waals surface area contributed by atoms with Crippen LogP contribution in [0.4, 0.5) is 0 Å². The molecule has 1 atom stereocenters. The molecule has 0 saturated carbocycles. The second-order valence-corrected chi connectivity index (χ2v) is 4.04. The van der Waals surface area contributed by atoms with Crippen molar-refractivity contribution in [3.63, 3.8) is 0 Å². The van der Waals surface area contributed by atoms with Gasteiger partial charge >= 0.3 is 5.97 Å². The van der Waals surface area contributed by atoms with Crippen LogP contribution >= 0.6 is 11.3 Å². The lowest BCUT2D eigenvalue weighted by Crippen LogP contribution is -2.36. The van der Waals surface area contributed by atoms with Gasteiger partial charge in [0, 0.05) is 4.88 Å². The van der Waals surface area contributed by atoms with Gasteiger partial charge in [-0.1, -0.05) is 6.07 Å². The number of hydrogen-bond acceptors (Lipinski definition) is 4. The van der Waals surface area contributed by atoms with Gasteiger partial charge in [0.2, 0.25) is 5.91 Å². The zero-order chi connectivity index (χ0) is 11.3. The molecule has 82 valence electrons. The Morgan fingerprint density at radius 1 is 1.60 bits per heavy atom. The molecule has 1 unspecified atom stereocenters. The Morgan fingerprint density at radius 2 is 2.33 bits per heavy atom. The van der Waals surface area contributed by atoms with Crippen molar-refractivity contribution in [2.24, 2.45) is 5.73 Å². The lowest BCUT2D eigenvalue weighted by Gasteiger charge is -2.06. The van der Waals surface area contributed by atoms with Gasteiger partial charge in [-0.3, -0.25) is 9.59 Å². The first kappa shape index (κ1) is 11.7. The molecule has 0 aromatic carbocycles. The van der Waals surface area contributed by atoms with Gasteiger partial charge in [0.1, 0.15) is 6.04 Å². The van der Waals surface area contributed by atoms with Crippen molar-refractivity contribution in [1.82, 2.24) is 5.32 Å². The van der Waals surface area contributed by atoms with E-state index in [-0.39, 0.29) is 12.3 Å². The van der Waals surface area contributed by atoms with E-state index in [1.165, 1.54) is 11.3 Å².